The van der Waals surface area contributed by atoms with E-state index in [4.69, 9.17) is 4.74 Å². The molecule has 122 valence electrons. The van der Waals surface area contributed by atoms with Crippen LogP contribution in [0.4, 0.5) is 5.69 Å². The Bertz CT molecular complexity index is 820. The van der Waals surface area contributed by atoms with Crippen molar-refractivity contribution in [1.82, 2.24) is 5.32 Å². The zero-order valence-electron chi connectivity index (χ0n) is 13.5. The molecule has 4 rings (SSSR count). The highest BCUT2D eigenvalue weighted by Crippen LogP contribution is 2.34. The van der Waals surface area contributed by atoms with Gasteiger partial charge in [0.2, 0.25) is 5.96 Å². The minimum Gasteiger partial charge on any atom is -0.494 e. The van der Waals surface area contributed by atoms with Crippen LogP contribution in [0.2, 0.25) is 0 Å². The van der Waals surface area contributed by atoms with Crippen molar-refractivity contribution >= 4 is 29.6 Å². The fraction of sp³-hybridized carbons (Fsp3) is 0.333. The number of allylic oxidation sites excluding steroid dienone is 1. The minimum atomic E-state index is -0.160. The van der Waals surface area contributed by atoms with E-state index in [1.807, 2.05) is 30.5 Å². The van der Waals surface area contributed by atoms with E-state index in [-0.39, 0.29) is 17.8 Å². The molecule has 0 bridgehead atoms. The first-order valence-corrected chi connectivity index (χ1v) is 8.15. The molecule has 0 saturated heterocycles. The number of nitrogens with zero attached hydrogens (tertiary/aromatic N) is 3. The fourth-order valence-corrected chi connectivity index (χ4v) is 3.40. The molecule has 1 amide bonds. The van der Waals surface area contributed by atoms with Gasteiger partial charge < -0.3 is 4.74 Å². The van der Waals surface area contributed by atoms with Crippen LogP contribution in [-0.2, 0) is 4.79 Å². The Hall–Kier alpha value is -2.76. The van der Waals surface area contributed by atoms with Crippen LogP contribution in [0.25, 0.3) is 0 Å². The van der Waals surface area contributed by atoms with E-state index in [2.05, 4.69) is 20.3 Å². The first-order valence-electron chi connectivity index (χ1n) is 8.15. The molecule has 1 fully saturated rings. The number of hydrogen-bond donors (Lipinski definition) is 1. The van der Waals surface area contributed by atoms with Gasteiger partial charge in [-0.2, -0.15) is 4.99 Å². The number of benzene rings is 1. The van der Waals surface area contributed by atoms with Crippen LogP contribution in [-0.4, -0.2) is 31.0 Å². The van der Waals surface area contributed by atoms with Crippen LogP contribution in [0.1, 0.15) is 25.7 Å². The minimum absolute atomic E-state index is 0.160. The molecular weight excluding hydrogens is 304 g/mol. The van der Waals surface area contributed by atoms with Crippen molar-refractivity contribution in [2.24, 2.45) is 20.9 Å². The van der Waals surface area contributed by atoms with Crippen LogP contribution >= 0.6 is 0 Å². The standard InChI is InChI=1S/C18H18N4O2/c1-24-14-9-5-4-8-13(14)20-18-21-16-15(17(23)22-18)12-7-3-2-6-11(12)10-19-16/h4-5,8-11H,2-3,6-7H2,1H3,(H,20,22,23). The molecule has 2 aliphatic heterocycles. The zero-order chi connectivity index (χ0) is 16.5. The monoisotopic (exact) mass is 322 g/mol. The Labute approximate surface area is 140 Å². The second-order valence-corrected chi connectivity index (χ2v) is 6.03. The lowest BCUT2D eigenvalue weighted by molar-refractivity contribution is -0.115. The summed E-state index contributed by atoms with van der Waals surface area (Å²) < 4.78 is 5.28. The highest BCUT2D eigenvalue weighted by Gasteiger charge is 2.33. The molecule has 6 nitrogen and oxygen atoms in total. The largest absolute Gasteiger partial charge is 0.494 e. The highest BCUT2D eigenvalue weighted by atomic mass is 16.5. The van der Waals surface area contributed by atoms with Crippen molar-refractivity contribution < 1.29 is 9.53 Å². The maximum Gasteiger partial charge on any atom is 0.261 e. The molecule has 2 heterocycles. The number of ether oxygens (including phenoxy) is 1. The van der Waals surface area contributed by atoms with Gasteiger partial charge in [0.1, 0.15) is 11.4 Å². The average Bonchev–Trinajstić information content (AvgIpc) is 2.61. The number of methoxy groups -OCH3 is 1. The van der Waals surface area contributed by atoms with Crippen LogP contribution in [0, 0.1) is 5.92 Å². The Morgan fingerprint density at radius 2 is 2.17 bits per heavy atom. The third-order valence-electron chi connectivity index (χ3n) is 4.56. The second kappa shape index (κ2) is 6.03. The van der Waals surface area contributed by atoms with E-state index in [9.17, 15) is 4.79 Å². The number of rotatable bonds is 2. The van der Waals surface area contributed by atoms with Crippen molar-refractivity contribution in [2.75, 3.05) is 7.11 Å². The van der Waals surface area contributed by atoms with Gasteiger partial charge in [0.05, 0.1) is 12.7 Å². The number of nitrogens with one attached hydrogen (secondary N) is 1. The molecule has 1 aromatic rings. The first kappa shape index (κ1) is 14.8. The number of carbonyl (C=O) groups is 1. The predicted octanol–water partition coefficient (Wildman–Crippen LogP) is 2.78. The highest BCUT2D eigenvalue weighted by molar-refractivity contribution is 6.32. The SMILES string of the molecule is COc1ccccc1N=C1N=C2N=CC3CCCCC3=C2C(=O)N1. The van der Waals surface area contributed by atoms with E-state index in [0.717, 1.165) is 19.3 Å². The summed E-state index contributed by atoms with van der Waals surface area (Å²) in [6.07, 6.45) is 6.23. The third kappa shape index (κ3) is 2.54. The third-order valence-corrected chi connectivity index (χ3v) is 4.56. The van der Waals surface area contributed by atoms with Crippen molar-refractivity contribution in [3.8, 4) is 5.75 Å². The molecule has 1 saturated carbocycles. The summed E-state index contributed by atoms with van der Waals surface area (Å²) in [4.78, 5) is 25.9. The Kier molecular flexibility index (Phi) is 3.72. The van der Waals surface area contributed by atoms with E-state index in [1.54, 1.807) is 7.11 Å². The summed E-state index contributed by atoms with van der Waals surface area (Å²) in [6, 6.07) is 7.35. The van der Waals surface area contributed by atoms with Gasteiger partial charge in [-0.05, 0) is 37.0 Å². The number of hydrogen-bond acceptors (Lipinski definition) is 4. The fourth-order valence-electron chi connectivity index (χ4n) is 3.40. The van der Waals surface area contributed by atoms with Crippen LogP contribution in [0.5, 0.6) is 5.75 Å². The lowest BCUT2D eigenvalue weighted by Gasteiger charge is -2.29. The number of para-hydroxylation sites is 2. The van der Waals surface area contributed by atoms with Gasteiger partial charge in [-0.3, -0.25) is 10.1 Å². The summed E-state index contributed by atoms with van der Waals surface area (Å²) in [5.74, 6) is 1.47. The molecule has 6 heteroatoms. The van der Waals surface area contributed by atoms with Gasteiger partial charge in [0, 0.05) is 12.1 Å². The number of dihydropyridines is 1. The van der Waals surface area contributed by atoms with Crippen molar-refractivity contribution in [3.05, 3.63) is 35.4 Å². The Morgan fingerprint density at radius 3 is 3.04 bits per heavy atom. The van der Waals surface area contributed by atoms with Crippen LogP contribution in [0.3, 0.4) is 0 Å². The van der Waals surface area contributed by atoms with Gasteiger partial charge in [0.15, 0.2) is 5.84 Å². The molecule has 1 aliphatic carbocycles. The molecule has 1 unspecified atom stereocenters. The number of amidine groups is 1. The number of carbonyl (C=O) groups excluding carboxylic acids is 1. The summed E-state index contributed by atoms with van der Waals surface area (Å²) >= 11 is 0. The topological polar surface area (TPSA) is 75.4 Å². The molecule has 1 N–H and O–H groups in total. The molecule has 1 atom stereocenters. The number of amides is 1. The quantitative estimate of drug-likeness (QED) is 0.909. The van der Waals surface area contributed by atoms with Gasteiger partial charge >= 0.3 is 0 Å². The van der Waals surface area contributed by atoms with Crippen LogP contribution < -0.4 is 10.1 Å². The summed E-state index contributed by atoms with van der Waals surface area (Å²) in [5, 5.41) is 2.78. The first-order chi connectivity index (χ1) is 11.8. The van der Waals surface area contributed by atoms with Crippen molar-refractivity contribution in [3.63, 3.8) is 0 Å². The molecule has 0 spiro atoms. The maximum absolute atomic E-state index is 12.6. The van der Waals surface area contributed by atoms with Gasteiger partial charge in [-0.1, -0.05) is 18.6 Å². The Morgan fingerprint density at radius 1 is 1.29 bits per heavy atom. The molecule has 0 aromatic heterocycles. The normalized spacial score (nSPS) is 24.2. The van der Waals surface area contributed by atoms with Crippen LogP contribution in [0.15, 0.2) is 50.4 Å². The summed E-state index contributed by atoms with van der Waals surface area (Å²) in [7, 11) is 1.58. The number of fused-ring (bicyclic) bond motifs is 2. The predicted molar refractivity (Wildman–Crippen MR) is 93.1 cm³/mol. The molecule has 0 radical (unpaired) electrons. The summed E-state index contributed by atoms with van der Waals surface area (Å²) in [6.45, 7) is 0. The Balaban J connectivity index is 1.74. The van der Waals surface area contributed by atoms with E-state index < -0.39 is 0 Å². The summed E-state index contributed by atoms with van der Waals surface area (Å²) in [5.41, 5.74) is 2.43. The average molecular weight is 322 g/mol. The molecule has 1 aromatic carbocycles. The number of guanidine groups is 1. The molecular formula is C18H18N4O2. The molecule has 24 heavy (non-hydrogen) atoms. The van der Waals surface area contributed by atoms with Gasteiger partial charge in [-0.15, -0.1) is 0 Å². The second-order valence-electron chi connectivity index (χ2n) is 6.03. The van der Waals surface area contributed by atoms with E-state index in [0.29, 0.717) is 22.8 Å². The lowest BCUT2D eigenvalue weighted by atomic mass is 9.80. The maximum atomic E-state index is 12.6. The molecule has 3 aliphatic rings. The van der Waals surface area contributed by atoms with E-state index >= 15 is 0 Å². The van der Waals surface area contributed by atoms with Gasteiger partial charge in [0.25, 0.3) is 5.91 Å². The van der Waals surface area contributed by atoms with Crippen molar-refractivity contribution in [2.45, 2.75) is 25.7 Å². The lowest BCUT2D eigenvalue weighted by Crippen LogP contribution is -2.41. The zero-order valence-corrected chi connectivity index (χ0v) is 13.5. The van der Waals surface area contributed by atoms with Gasteiger partial charge in [-0.25, -0.2) is 9.98 Å². The number of aliphatic imine (C=N–C) groups is 3. The smallest absolute Gasteiger partial charge is 0.261 e. The van der Waals surface area contributed by atoms with E-state index in [1.165, 1.54) is 12.0 Å². The van der Waals surface area contributed by atoms with Crippen molar-refractivity contribution in [1.29, 1.82) is 0 Å².